The Labute approximate surface area is 148 Å². The predicted octanol–water partition coefficient (Wildman–Crippen LogP) is 4.62. The SMILES string of the molecule is CC(=O)N[C@@H](C)c1ccc(C(=O)c2cc3cc(Br)ccc3o2)cc1. The van der Waals surface area contributed by atoms with Crippen LogP contribution >= 0.6 is 15.9 Å². The van der Waals surface area contributed by atoms with Gasteiger partial charge in [0.25, 0.3) is 0 Å². The molecule has 1 atom stereocenters. The van der Waals surface area contributed by atoms with Crippen LogP contribution in [-0.2, 0) is 4.79 Å². The third-order valence-corrected chi connectivity index (χ3v) is 4.29. The van der Waals surface area contributed by atoms with Gasteiger partial charge in [0.15, 0.2) is 5.76 Å². The fraction of sp³-hybridized carbons (Fsp3) is 0.158. The summed E-state index contributed by atoms with van der Waals surface area (Å²) >= 11 is 3.41. The summed E-state index contributed by atoms with van der Waals surface area (Å²) in [5, 5.41) is 3.69. The van der Waals surface area contributed by atoms with Gasteiger partial charge in [0, 0.05) is 22.3 Å². The molecule has 0 radical (unpaired) electrons. The van der Waals surface area contributed by atoms with Gasteiger partial charge in [0.05, 0.1) is 6.04 Å². The van der Waals surface area contributed by atoms with E-state index in [1.54, 1.807) is 18.2 Å². The Kier molecular flexibility index (Phi) is 4.53. The van der Waals surface area contributed by atoms with Gasteiger partial charge in [-0.05, 0) is 36.8 Å². The Morgan fingerprint density at radius 2 is 1.79 bits per heavy atom. The van der Waals surface area contributed by atoms with Gasteiger partial charge in [-0.15, -0.1) is 0 Å². The minimum absolute atomic E-state index is 0.0870. The van der Waals surface area contributed by atoms with Gasteiger partial charge in [-0.3, -0.25) is 9.59 Å². The number of ketones is 1. The van der Waals surface area contributed by atoms with Crippen molar-refractivity contribution in [2.75, 3.05) is 0 Å². The Bertz CT molecular complexity index is 912. The van der Waals surface area contributed by atoms with Gasteiger partial charge >= 0.3 is 0 Å². The number of carbonyl (C=O) groups is 2. The number of carbonyl (C=O) groups excluding carboxylic acids is 2. The molecule has 1 heterocycles. The maximum Gasteiger partial charge on any atom is 0.228 e. The minimum atomic E-state index is -0.166. The predicted molar refractivity (Wildman–Crippen MR) is 96.0 cm³/mol. The van der Waals surface area contributed by atoms with Crippen molar-refractivity contribution in [1.29, 1.82) is 0 Å². The topological polar surface area (TPSA) is 59.3 Å². The van der Waals surface area contributed by atoms with Crippen molar-refractivity contribution < 1.29 is 14.0 Å². The molecule has 0 saturated heterocycles. The normalized spacial score (nSPS) is 12.1. The summed E-state index contributed by atoms with van der Waals surface area (Å²) in [5.74, 6) is 0.0582. The standard InChI is InChI=1S/C19H16BrNO3/c1-11(21-12(2)22)13-3-5-14(6-4-13)19(23)18-10-15-9-16(20)7-8-17(15)24-18/h3-11H,1-2H3,(H,21,22)/t11-/m0/s1. The van der Waals surface area contributed by atoms with E-state index in [0.29, 0.717) is 16.9 Å². The second kappa shape index (κ2) is 6.61. The van der Waals surface area contributed by atoms with Crippen molar-refractivity contribution in [3.63, 3.8) is 0 Å². The molecule has 3 rings (SSSR count). The molecule has 1 N–H and O–H groups in total. The summed E-state index contributed by atoms with van der Waals surface area (Å²) in [5.41, 5.74) is 2.17. The van der Waals surface area contributed by atoms with E-state index < -0.39 is 0 Å². The van der Waals surface area contributed by atoms with Crippen LogP contribution < -0.4 is 5.32 Å². The molecule has 0 aliphatic carbocycles. The van der Waals surface area contributed by atoms with Crippen molar-refractivity contribution in [1.82, 2.24) is 5.32 Å². The van der Waals surface area contributed by atoms with Gasteiger partial charge in [0.1, 0.15) is 5.58 Å². The molecule has 0 aliphatic rings. The Hall–Kier alpha value is -2.40. The van der Waals surface area contributed by atoms with Crippen LogP contribution in [0.15, 0.2) is 57.4 Å². The van der Waals surface area contributed by atoms with Crippen LogP contribution in [0.4, 0.5) is 0 Å². The van der Waals surface area contributed by atoms with Crippen LogP contribution in [0.5, 0.6) is 0 Å². The number of hydrogen-bond donors (Lipinski definition) is 1. The number of furan rings is 1. The first kappa shape index (κ1) is 16.5. The number of nitrogens with one attached hydrogen (secondary N) is 1. The first-order valence-electron chi connectivity index (χ1n) is 7.55. The molecule has 3 aromatic rings. The van der Waals surface area contributed by atoms with Gasteiger partial charge in [0.2, 0.25) is 11.7 Å². The lowest BCUT2D eigenvalue weighted by molar-refractivity contribution is -0.119. The molecule has 122 valence electrons. The Morgan fingerprint density at radius 1 is 1.08 bits per heavy atom. The summed E-state index contributed by atoms with van der Waals surface area (Å²) < 4.78 is 6.58. The third kappa shape index (κ3) is 3.41. The van der Waals surface area contributed by atoms with Crippen molar-refractivity contribution in [3.8, 4) is 0 Å². The molecule has 0 fully saturated rings. The number of amides is 1. The summed E-state index contributed by atoms with van der Waals surface area (Å²) in [7, 11) is 0. The second-order valence-electron chi connectivity index (χ2n) is 5.67. The van der Waals surface area contributed by atoms with Crippen LogP contribution in [-0.4, -0.2) is 11.7 Å². The average Bonchev–Trinajstić information content (AvgIpc) is 2.96. The average molecular weight is 386 g/mol. The van der Waals surface area contributed by atoms with Crippen LogP contribution in [0.3, 0.4) is 0 Å². The number of halogens is 1. The zero-order chi connectivity index (χ0) is 17.3. The molecular weight excluding hydrogens is 370 g/mol. The van der Waals surface area contributed by atoms with Crippen LogP contribution in [0.25, 0.3) is 11.0 Å². The molecule has 2 aromatic carbocycles. The monoisotopic (exact) mass is 385 g/mol. The van der Waals surface area contributed by atoms with Crippen molar-refractivity contribution in [2.24, 2.45) is 0 Å². The van der Waals surface area contributed by atoms with E-state index in [-0.39, 0.29) is 17.7 Å². The molecule has 1 aromatic heterocycles. The summed E-state index contributed by atoms with van der Waals surface area (Å²) in [6.45, 7) is 3.38. The molecular formula is C19H16BrNO3. The highest BCUT2D eigenvalue weighted by Crippen LogP contribution is 2.25. The van der Waals surface area contributed by atoms with E-state index in [1.165, 1.54) is 6.92 Å². The first-order valence-corrected chi connectivity index (χ1v) is 8.34. The molecule has 5 heteroatoms. The highest BCUT2D eigenvalue weighted by molar-refractivity contribution is 9.10. The molecule has 0 saturated carbocycles. The summed E-state index contributed by atoms with van der Waals surface area (Å²) in [4.78, 5) is 23.7. The second-order valence-corrected chi connectivity index (χ2v) is 6.58. The zero-order valence-electron chi connectivity index (χ0n) is 13.3. The highest BCUT2D eigenvalue weighted by atomic mass is 79.9. The van der Waals surface area contributed by atoms with E-state index >= 15 is 0 Å². The smallest absolute Gasteiger partial charge is 0.228 e. The summed E-state index contributed by atoms with van der Waals surface area (Å²) in [6, 6.07) is 14.4. The van der Waals surface area contributed by atoms with Gasteiger partial charge in [-0.2, -0.15) is 0 Å². The van der Waals surface area contributed by atoms with Crippen molar-refractivity contribution in [2.45, 2.75) is 19.9 Å². The van der Waals surface area contributed by atoms with Gasteiger partial charge < -0.3 is 9.73 Å². The lowest BCUT2D eigenvalue weighted by Crippen LogP contribution is -2.23. The molecule has 0 spiro atoms. The zero-order valence-corrected chi connectivity index (χ0v) is 14.9. The van der Waals surface area contributed by atoms with E-state index in [0.717, 1.165) is 15.4 Å². The maximum atomic E-state index is 12.6. The fourth-order valence-corrected chi connectivity index (χ4v) is 2.96. The quantitative estimate of drug-likeness (QED) is 0.666. The Morgan fingerprint density at radius 3 is 2.46 bits per heavy atom. The molecule has 0 unspecified atom stereocenters. The minimum Gasteiger partial charge on any atom is -0.453 e. The molecule has 0 aliphatic heterocycles. The van der Waals surface area contributed by atoms with E-state index in [4.69, 9.17) is 4.42 Å². The van der Waals surface area contributed by atoms with Crippen LogP contribution in [0.1, 0.15) is 41.6 Å². The van der Waals surface area contributed by atoms with Crippen molar-refractivity contribution >= 4 is 38.6 Å². The third-order valence-electron chi connectivity index (χ3n) is 3.79. The van der Waals surface area contributed by atoms with Gasteiger partial charge in [-0.1, -0.05) is 40.2 Å². The van der Waals surface area contributed by atoms with E-state index in [2.05, 4.69) is 21.2 Å². The lowest BCUT2D eigenvalue weighted by Gasteiger charge is -2.12. The molecule has 24 heavy (non-hydrogen) atoms. The van der Waals surface area contributed by atoms with Crippen LogP contribution in [0.2, 0.25) is 0 Å². The highest BCUT2D eigenvalue weighted by Gasteiger charge is 2.15. The number of hydrogen-bond acceptors (Lipinski definition) is 3. The first-order chi connectivity index (χ1) is 11.4. The molecule has 1 amide bonds. The molecule has 0 bridgehead atoms. The largest absolute Gasteiger partial charge is 0.453 e. The number of fused-ring (bicyclic) bond motifs is 1. The van der Waals surface area contributed by atoms with E-state index in [9.17, 15) is 9.59 Å². The lowest BCUT2D eigenvalue weighted by atomic mass is 10.0. The number of rotatable bonds is 4. The van der Waals surface area contributed by atoms with E-state index in [1.807, 2.05) is 37.3 Å². The summed E-state index contributed by atoms with van der Waals surface area (Å²) in [6.07, 6.45) is 0. The van der Waals surface area contributed by atoms with Crippen molar-refractivity contribution in [3.05, 3.63) is 69.9 Å². The fourth-order valence-electron chi connectivity index (χ4n) is 2.58. The Balaban J connectivity index is 1.84. The van der Waals surface area contributed by atoms with Gasteiger partial charge in [-0.25, -0.2) is 0 Å². The molecule has 4 nitrogen and oxygen atoms in total. The number of benzene rings is 2. The van der Waals surface area contributed by atoms with Crippen LogP contribution in [0, 0.1) is 0 Å². The maximum absolute atomic E-state index is 12.6.